The Morgan fingerprint density at radius 3 is 2.57 bits per heavy atom. The monoisotopic (exact) mass is 292 g/mol. The molecule has 21 heavy (non-hydrogen) atoms. The van der Waals surface area contributed by atoms with Gasteiger partial charge in [-0.1, -0.05) is 12.1 Å². The highest BCUT2D eigenvalue weighted by atomic mass is 16.5. The number of nitrogens with one attached hydrogen (secondary N) is 1. The molecule has 1 heterocycles. The first-order chi connectivity index (χ1) is 10.2. The third kappa shape index (κ3) is 3.95. The molecule has 0 aliphatic carbocycles. The van der Waals surface area contributed by atoms with E-state index in [-0.39, 0.29) is 5.91 Å². The van der Waals surface area contributed by atoms with Crippen LogP contribution in [0.25, 0.3) is 0 Å². The maximum absolute atomic E-state index is 12.4. The van der Waals surface area contributed by atoms with Crippen LogP contribution in [0.4, 0.5) is 0 Å². The summed E-state index contributed by atoms with van der Waals surface area (Å²) < 4.78 is 10.4. The minimum absolute atomic E-state index is 0.0572. The Morgan fingerprint density at radius 1 is 1.33 bits per heavy atom. The van der Waals surface area contributed by atoms with Gasteiger partial charge in [-0.25, -0.2) is 0 Å². The van der Waals surface area contributed by atoms with Gasteiger partial charge in [0.15, 0.2) is 0 Å². The summed E-state index contributed by atoms with van der Waals surface area (Å²) in [7, 11) is 1.65. The molecular weight excluding hydrogens is 268 g/mol. The van der Waals surface area contributed by atoms with Gasteiger partial charge in [0, 0.05) is 26.3 Å². The van der Waals surface area contributed by atoms with E-state index in [1.807, 2.05) is 24.3 Å². The molecule has 1 saturated heterocycles. The van der Waals surface area contributed by atoms with Gasteiger partial charge in [0.25, 0.3) is 0 Å². The Balaban J connectivity index is 1.82. The van der Waals surface area contributed by atoms with Crippen molar-refractivity contribution in [1.29, 1.82) is 0 Å². The van der Waals surface area contributed by atoms with Crippen molar-refractivity contribution < 1.29 is 14.3 Å². The number of methoxy groups -OCH3 is 1. The van der Waals surface area contributed by atoms with E-state index in [2.05, 4.69) is 5.32 Å². The van der Waals surface area contributed by atoms with Gasteiger partial charge >= 0.3 is 0 Å². The molecule has 5 heteroatoms. The molecule has 0 bridgehead atoms. The maximum atomic E-state index is 12.4. The van der Waals surface area contributed by atoms with E-state index in [4.69, 9.17) is 15.2 Å². The Hall–Kier alpha value is -1.59. The quantitative estimate of drug-likeness (QED) is 0.824. The molecule has 1 aliphatic rings. The number of nitrogens with two attached hydrogens (primary N) is 1. The lowest BCUT2D eigenvalue weighted by Gasteiger charge is -2.34. The van der Waals surface area contributed by atoms with Gasteiger partial charge < -0.3 is 20.5 Å². The first kappa shape index (κ1) is 15.8. The van der Waals surface area contributed by atoms with E-state index in [1.165, 1.54) is 5.56 Å². The fourth-order valence-electron chi connectivity index (χ4n) is 2.59. The Morgan fingerprint density at radius 2 is 2.00 bits per heavy atom. The van der Waals surface area contributed by atoms with Crippen molar-refractivity contribution in [1.82, 2.24) is 5.32 Å². The van der Waals surface area contributed by atoms with Crippen molar-refractivity contribution in [2.45, 2.75) is 19.3 Å². The maximum Gasteiger partial charge on any atom is 0.227 e. The number of benzene rings is 1. The van der Waals surface area contributed by atoms with Crippen molar-refractivity contribution in [3.63, 3.8) is 0 Å². The van der Waals surface area contributed by atoms with E-state index in [0.717, 1.165) is 12.2 Å². The molecule has 0 aromatic heterocycles. The van der Waals surface area contributed by atoms with Gasteiger partial charge in [-0.3, -0.25) is 4.79 Å². The molecule has 1 aromatic carbocycles. The lowest BCUT2D eigenvalue weighted by atomic mass is 9.79. The van der Waals surface area contributed by atoms with Crippen molar-refractivity contribution in [2.24, 2.45) is 11.1 Å². The van der Waals surface area contributed by atoms with Crippen molar-refractivity contribution in [3.05, 3.63) is 29.8 Å². The topological polar surface area (TPSA) is 73.6 Å². The molecule has 0 spiro atoms. The van der Waals surface area contributed by atoms with E-state index in [1.54, 1.807) is 7.11 Å². The summed E-state index contributed by atoms with van der Waals surface area (Å²) >= 11 is 0. The predicted octanol–water partition coefficient (Wildman–Crippen LogP) is 1.11. The number of hydrogen-bond donors (Lipinski definition) is 2. The summed E-state index contributed by atoms with van der Waals surface area (Å²) in [6, 6.07) is 7.88. The average Bonchev–Trinajstić information content (AvgIpc) is 2.56. The highest BCUT2D eigenvalue weighted by Gasteiger charge is 2.38. The molecule has 5 nitrogen and oxygen atoms in total. The minimum atomic E-state index is -0.446. The van der Waals surface area contributed by atoms with Gasteiger partial charge in [-0.2, -0.15) is 0 Å². The molecule has 1 aromatic rings. The molecule has 1 aliphatic heterocycles. The highest BCUT2D eigenvalue weighted by Crippen LogP contribution is 2.29. The van der Waals surface area contributed by atoms with Gasteiger partial charge in [0.2, 0.25) is 5.91 Å². The van der Waals surface area contributed by atoms with Crippen LogP contribution in [0.15, 0.2) is 24.3 Å². The highest BCUT2D eigenvalue weighted by molar-refractivity contribution is 5.83. The normalized spacial score (nSPS) is 17.2. The standard InChI is InChI=1S/C16H24N2O3/c1-20-14-4-2-13(3-5-14)6-9-18-15(19)16(12-17)7-10-21-11-8-16/h2-5H,6-12,17H2,1H3,(H,18,19). The zero-order valence-corrected chi connectivity index (χ0v) is 12.6. The van der Waals surface area contributed by atoms with Crippen LogP contribution in [0.2, 0.25) is 0 Å². The van der Waals surface area contributed by atoms with Crippen LogP contribution < -0.4 is 15.8 Å². The van der Waals surface area contributed by atoms with Crippen molar-refractivity contribution >= 4 is 5.91 Å². The number of amides is 1. The molecule has 1 amide bonds. The van der Waals surface area contributed by atoms with Crippen LogP contribution in [0.1, 0.15) is 18.4 Å². The number of carbonyl (C=O) groups excluding carboxylic acids is 1. The SMILES string of the molecule is COc1ccc(CCNC(=O)C2(CN)CCOCC2)cc1. The molecule has 0 unspecified atom stereocenters. The summed E-state index contributed by atoms with van der Waals surface area (Å²) in [5.74, 6) is 0.897. The zero-order chi connectivity index (χ0) is 15.1. The summed E-state index contributed by atoms with van der Waals surface area (Å²) in [6.07, 6.45) is 2.21. The Kier molecular flexibility index (Phi) is 5.59. The van der Waals surface area contributed by atoms with E-state index >= 15 is 0 Å². The predicted molar refractivity (Wildman–Crippen MR) is 81.2 cm³/mol. The van der Waals surface area contributed by atoms with Gasteiger partial charge in [0.05, 0.1) is 12.5 Å². The number of ether oxygens (including phenoxy) is 2. The van der Waals surface area contributed by atoms with Crippen LogP contribution in [0.5, 0.6) is 5.75 Å². The van der Waals surface area contributed by atoms with Gasteiger partial charge in [0.1, 0.15) is 5.75 Å². The third-order valence-electron chi connectivity index (χ3n) is 4.18. The first-order valence-electron chi connectivity index (χ1n) is 7.39. The second-order valence-corrected chi connectivity index (χ2v) is 5.45. The molecule has 1 fully saturated rings. The van der Waals surface area contributed by atoms with E-state index < -0.39 is 5.41 Å². The summed E-state index contributed by atoms with van der Waals surface area (Å²) in [4.78, 5) is 12.4. The summed E-state index contributed by atoms with van der Waals surface area (Å²) in [6.45, 7) is 2.23. The van der Waals surface area contributed by atoms with Crippen LogP contribution in [-0.2, 0) is 16.0 Å². The molecule has 3 N–H and O–H groups in total. The fraction of sp³-hybridized carbons (Fsp3) is 0.562. The van der Waals surface area contributed by atoms with E-state index in [9.17, 15) is 4.79 Å². The largest absolute Gasteiger partial charge is 0.497 e. The van der Waals surface area contributed by atoms with Crippen LogP contribution >= 0.6 is 0 Å². The second-order valence-electron chi connectivity index (χ2n) is 5.45. The molecule has 0 saturated carbocycles. The van der Waals surface area contributed by atoms with Gasteiger partial charge in [-0.15, -0.1) is 0 Å². The lowest BCUT2D eigenvalue weighted by molar-refractivity contribution is -0.135. The lowest BCUT2D eigenvalue weighted by Crippen LogP contribution is -2.49. The number of carbonyl (C=O) groups is 1. The van der Waals surface area contributed by atoms with Crippen LogP contribution in [0.3, 0.4) is 0 Å². The number of rotatable bonds is 6. The molecule has 2 rings (SSSR count). The average molecular weight is 292 g/mol. The minimum Gasteiger partial charge on any atom is -0.497 e. The Labute approximate surface area is 125 Å². The van der Waals surface area contributed by atoms with Crippen molar-refractivity contribution in [2.75, 3.05) is 33.4 Å². The van der Waals surface area contributed by atoms with Gasteiger partial charge in [-0.05, 0) is 37.0 Å². The first-order valence-corrected chi connectivity index (χ1v) is 7.39. The molecule has 0 radical (unpaired) electrons. The van der Waals surface area contributed by atoms with E-state index in [0.29, 0.717) is 39.1 Å². The smallest absolute Gasteiger partial charge is 0.227 e. The second kappa shape index (κ2) is 7.43. The van der Waals surface area contributed by atoms with Crippen LogP contribution in [0, 0.1) is 5.41 Å². The van der Waals surface area contributed by atoms with Crippen LogP contribution in [-0.4, -0.2) is 39.3 Å². The fourth-order valence-corrected chi connectivity index (χ4v) is 2.59. The third-order valence-corrected chi connectivity index (χ3v) is 4.18. The molecule has 116 valence electrons. The summed E-state index contributed by atoms with van der Waals surface area (Å²) in [5.41, 5.74) is 6.55. The Bertz CT molecular complexity index is 453. The molecule has 0 atom stereocenters. The number of hydrogen-bond acceptors (Lipinski definition) is 4. The van der Waals surface area contributed by atoms with Crippen molar-refractivity contribution in [3.8, 4) is 5.75 Å². The zero-order valence-electron chi connectivity index (χ0n) is 12.6. The molecular formula is C16H24N2O3. The summed E-state index contributed by atoms with van der Waals surface area (Å²) in [5, 5.41) is 3.02.